The van der Waals surface area contributed by atoms with Gasteiger partial charge in [0.2, 0.25) is 0 Å². The van der Waals surface area contributed by atoms with Gasteiger partial charge >= 0.3 is 12.0 Å². The fraction of sp³-hybridized carbons (Fsp3) is 0.400. The SMILES string of the molecule is C[C@@H](NC(=O)NCCc1ccc(Cl)s1)C(=O)O. The second-order valence-electron chi connectivity index (χ2n) is 3.42. The normalized spacial score (nSPS) is 11.9. The Morgan fingerprint density at radius 2 is 2.24 bits per heavy atom. The minimum Gasteiger partial charge on any atom is -0.480 e. The minimum atomic E-state index is -1.06. The van der Waals surface area contributed by atoms with E-state index < -0.39 is 18.0 Å². The van der Waals surface area contributed by atoms with E-state index >= 15 is 0 Å². The van der Waals surface area contributed by atoms with Crippen LogP contribution in [0.25, 0.3) is 0 Å². The number of carboxylic acids is 1. The molecule has 0 saturated heterocycles. The third-order valence-corrected chi connectivity index (χ3v) is 3.29. The number of halogens is 1. The lowest BCUT2D eigenvalue weighted by atomic mass is 10.3. The van der Waals surface area contributed by atoms with Gasteiger partial charge in [-0.3, -0.25) is 4.79 Å². The van der Waals surface area contributed by atoms with Crippen molar-refractivity contribution in [2.75, 3.05) is 6.54 Å². The van der Waals surface area contributed by atoms with Gasteiger partial charge in [-0.25, -0.2) is 4.79 Å². The lowest BCUT2D eigenvalue weighted by Gasteiger charge is -2.10. The van der Waals surface area contributed by atoms with Gasteiger partial charge < -0.3 is 15.7 Å². The van der Waals surface area contributed by atoms with Gasteiger partial charge in [0, 0.05) is 11.4 Å². The highest BCUT2D eigenvalue weighted by atomic mass is 35.5. The van der Waals surface area contributed by atoms with Crippen LogP contribution in [0.2, 0.25) is 4.34 Å². The van der Waals surface area contributed by atoms with E-state index in [2.05, 4.69) is 10.6 Å². The summed E-state index contributed by atoms with van der Waals surface area (Å²) in [6.07, 6.45) is 0.673. The quantitative estimate of drug-likeness (QED) is 0.766. The Labute approximate surface area is 108 Å². The van der Waals surface area contributed by atoms with Crippen molar-refractivity contribution in [3.63, 3.8) is 0 Å². The molecule has 0 aromatic carbocycles. The molecule has 1 aromatic heterocycles. The molecule has 1 aromatic rings. The fourth-order valence-electron chi connectivity index (χ4n) is 1.09. The van der Waals surface area contributed by atoms with Crippen molar-refractivity contribution in [1.29, 1.82) is 0 Å². The van der Waals surface area contributed by atoms with Gasteiger partial charge in [-0.15, -0.1) is 11.3 Å². The first kappa shape index (κ1) is 13.8. The van der Waals surface area contributed by atoms with Crippen LogP contribution in [0.4, 0.5) is 4.79 Å². The molecule has 0 saturated carbocycles. The van der Waals surface area contributed by atoms with Crippen LogP contribution in [0.3, 0.4) is 0 Å². The van der Waals surface area contributed by atoms with Crippen LogP contribution in [0.5, 0.6) is 0 Å². The maximum absolute atomic E-state index is 11.2. The van der Waals surface area contributed by atoms with E-state index in [1.807, 2.05) is 6.07 Å². The van der Waals surface area contributed by atoms with E-state index in [4.69, 9.17) is 16.7 Å². The number of urea groups is 1. The van der Waals surface area contributed by atoms with Gasteiger partial charge in [0.25, 0.3) is 0 Å². The van der Waals surface area contributed by atoms with Gasteiger partial charge in [0.15, 0.2) is 0 Å². The number of carbonyl (C=O) groups is 2. The standard InChI is InChI=1S/C10H13ClN2O3S/c1-6(9(14)15)13-10(16)12-5-4-7-2-3-8(11)17-7/h2-3,6H,4-5H2,1H3,(H,14,15)(H2,12,13,16)/t6-/m1/s1. The van der Waals surface area contributed by atoms with Crippen molar-refractivity contribution >= 4 is 34.9 Å². The predicted octanol–water partition coefficient (Wildman–Crippen LogP) is 1.72. The van der Waals surface area contributed by atoms with Gasteiger partial charge in [0.05, 0.1) is 4.34 Å². The molecule has 0 spiro atoms. The van der Waals surface area contributed by atoms with E-state index in [1.165, 1.54) is 18.3 Å². The molecule has 3 N–H and O–H groups in total. The molecule has 17 heavy (non-hydrogen) atoms. The third kappa shape index (κ3) is 5.06. The van der Waals surface area contributed by atoms with Crippen LogP contribution >= 0.6 is 22.9 Å². The fourth-order valence-corrected chi connectivity index (χ4v) is 2.18. The summed E-state index contributed by atoms with van der Waals surface area (Å²) in [7, 11) is 0. The average Bonchev–Trinajstić information content (AvgIpc) is 2.64. The number of amides is 2. The van der Waals surface area contributed by atoms with Crippen molar-refractivity contribution in [3.8, 4) is 0 Å². The molecule has 7 heteroatoms. The number of carbonyl (C=O) groups excluding carboxylic acids is 1. The first-order valence-corrected chi connectivity index (χ1v) is 6.20. The zero-order chi connectivity index (χ0) is 12.8. The molecular formula is C10H13ClN2O3S. The van der Waals surface area contributed by atoms with Crippen LogP contribution < -0.4 is 10.6 Å². The Hall–Kier alpha value is -1.27. The molecule has 1 heterocycles. The predicted molar refractivity (Wildman–Crippen MR) is 66.7 cm³/mol. The highest BCUT2D eigenvalue weighted by Gasteiger charge is 2.12. The lowest BCUT2D eigenvalue weighted by molar-refractivity contribution is -0.138. The Bertz CT molecular complexity index is 408. The second kappa shape index (κ2) is 6.46. The number of rotatable bonds is 5. The Morgan fingerprint density at radius 1 is 1.53 bits per heavy atom. The Kier molecular flexibility index (Phi) is 5.24. The van der Waals surface area contributed by atoms with Gasteiger partial charge in [-0.2, -0.15) is 0 Å². The summed E-state index contributed by atoms with van der Waals surface area (Å²) in [5.41, 5.74) is 0. The summed E-state index contributed by atoms with van der Waals surface area (Å²) in [5, 5.41) is 13.5. The summed E-state index contributed by atoms with van der Waals surface area (Å²) in [6, 6.07) is 2.31. The summed E-state index contributed by atoms with van der Waals surface area (Å²) >= 11 is 7.22. The maximum atomic E-state index is 11.2. The molecule has 0 fully saturated rings. The molecule has 0 radical (unpaired) electrons. The molecule has 0 unspecified atom stereocenters. The first-order valence-electron chi connectivity index (χ1n) is 5.00. The lowest BCUT2D eigenvalue weighted by Crippen LogP contribution is -2.44. The monoisotopic (exact) mass is 276 g/mol. The van der Waals surface area contributed by atoms with Crippen molar-refractivity contribution in [2.45, 2.75) is 19.4 Å². The van der Waals surface area contributed by atoms with Gasteiger partial charge in [-0.1, -0.05) is 11.6 Å². The van der Waals surface area contributed by atoms with Crippen molar-refractivity contribution in [2.24, 2.45) is 0 Å². The third-order valence-electron chi connectivity index (χ3n) is 2.00. The van der Waals surface area contributed by atoms with Gasteiger partial charge in [-0.05, 0) is 25.5 Å². The summed E-state index contributed by atoms with van der Waals surface area (Å²) in [5.74, 6) is -1.06. The minimum absolute atomic E-state index is 0.439. The van der Waals surface area contributed by atoms with Crippen LogP contribution in [0, 0.1) is 0 Å². The molecule has 2 amide bonds. The van der Waals surface area contributed by atoms with Crippen molar-refractivity contribution in [1.82, 2.24) is 10.6 Å². The number of nitrogens with one attached hydrogen (secondary N) is 2. The molecule has 0 bridgehead atoms. The molecule has 0 aliphatic heterocycles. The van der Waals surface area contributed by atoms with Crippen LogP contribution in [0.1, 0.15) is 11.8 Å². The summed E-state index contributed by atoms with van der Waals surface area (Å²) in [6.45, 7) is 1.84. The van der Waals surface area contributed by atoms with Crippen molar-refractivity contribution in [3.05, 3.63) is 21.3 Å². The Morgan fingerprint density at radius 3 is 2.76 bits per heavy atom. The molecule has 1 rings (SSSR count). The zero-order valence-electron chi connectivity index (χ0n) is 9.20. The summed E-state index contributed by atoms with van der Waals surface area (Å²) in [4.78, 5) is 22.8. The first-order chi connectivity index (χ1) is 7.99. The topological polar surface area (TPSA) is 78.4 Å². The number of hydrogen-bond acceptors (Lipinski definition) is 3. The van der Waals surface area contributed by atoms with E-state index in [0.29, 0.717) is 17.3 Å². The van der Waals surface area contributed by atoms with E-state index in [0.717, 1.165) is 4.88 Å². The maximum Gasteiger partial charge on any atom is 0.325 e. The van der Waals surface area contributed by atoms with E-state index in [1.54, 1.807) is 6.07 Å². The van der Waals surface area contributed by atoms with Crippen LogP contribution in [0.15, 0.2) is 12.1 Å². The number of carboxylic acid groups (broad SMARTS) is 1. The van der Waals surface area contributed by atoms with E-state index in [-0.39, 0.29) is 0 Å². The Balaban J connectivity index is 2.22. The molecule has 5 nitrogen and oxygen atoms in total. The number of thiophene rings is 1. The largest absolute Gasteiger partial charge is 0.480 e. The van der Waals surface area contributed by atoms with Gasteiger partial charge in [0.1, 0.15) is 6.04 Å². The van der Waals surface area contributed by atoms with Crippen molar-refractivity contribution < 1.29 is 14.7 Å². The van der Waals surface area contributed by atoms with Crippen LogP contribution in [-0.2, 0) is 11.2 Å². The molecular weight excluding hydrogens is 264 g/mol. The number of hydrogen-bond donors (Lipinski definition) is 3. The highest BCUT2D eigenvalue weighted by Crippen LogP contribution is 2.21. The van der Waals surface area contributed by atoms with Crippen LogP contribution in [-0.4, -0.2) is 29.7 Å². The molecule has 0 aliphatic carbocycles. The molecule has 94 valence electrons. The molecule has 0 aliphatic rings. The molecule has 1 atom stereocenters. The zero-order valence-corrected chi connectivity index (χ0v) is 10.8. The summed E-state index contributed by atoms with van der Waals surface area (Å²) < 4.78 is 0.712. The average molecular weight is 277 g/mol. The second-order valence-corrected chi connectivity index (χ2v) is 5.22. The number of aliphatic carboxylic acids is 1. The highest BCUT2D eigenvalue weighted by molar-refractivity contribution is 7.16. The smallest absolute Gasteiger partial charge is 0.325 e. The van der Waals surface area contributed by atoms with E-state index in [9.17, 15) is 9.59 Å².